The van der Waals surface area contributed by atoms with E-state index in [9.17, 15) is 4.79 Å². The molecule has 2 unspecified atom stereocenters. The number of hydrogen-bond donors (Lipinski definition) is 1. The minimum Gasteiger partial charge on any atom is -0.378 e. The minimum absolute atomic E-state index is 0.342. The van der Waals surface area contributed by atoms with Crippen LogP contribution in [-0.2, 0) is 9.53 Å². The molecule has 4 nitrogen and oxygen atoms in total. The van der Waals surface area contributed by atoms with E-state index >= 15 is 0 Å². The van der Waals surface area contributed by atoms with E-state index < -0.39 is 0 Å². The molecule has 2 aliphatic carbocycles. The lowest BCUT2D eigenvalue weighted by Crippen LogP contribution is -2.42. The quantitative estimate of drug-likeness (QED) is 0.739. The van der Waals surface area contributed by atoms with Crippen LogP contribution in [0.25, 0.3) is 0 Å². The molecule has 108 valence electrons. The van der Waals surface area contributed by atoms with Crippen molar-refractivity contribution < 1.29 is 9.53 Å². The van der Waals surface area contributed by atoms with Crippen LogP contribution in [0.15, 0.2) is 0 Å². The van der Waals surface area contributed by atoms with E-state index in [1.807, 2.05) is 0 Å². The zero-order chi connectivity index (χ0) is 13.2. The highest BCUT2D eigenvalue weighted by Crippen LogP contribution is 2.55. The predicted octanol–water partition coefficient (Wildman–Crippen LogP) is 1.39. The van der Waals surface area contributed by atoms with Crippen LogP contribution in [0.5, 0.6) is 0 Å². The molecule has 3 rings (SSSR count). The number of piperidine rings is 1. The van der Waals surface area contributed by atoms with E-state index in [1.54, 1.807) is 0 Å². The van der Waals surface area contributed by atoms with Crippen LogP contribution in [0.4, 0.5) is 0 Å². The first-order valence-electron chi connectivity index (χ1n) is 7.90. The van der Waals surface area contributed by atoms with Gasteiger partial charge in [0, 0.05) is 25.6 Å². The van der Waals surface area contributed by atoms with E-state index in [-0.39, 0.29) is 0 Å². The van der Waals surface area contributed by atoms with Crippen molar-refractivity contribution in [3.63, 3.8) is 0 Å². The minimum atomic E-state index is 0.342. The van der Waals surface area contributed by atoms with Gasteiger partial charge in [-0.15, -0.1) is 0 Å². The molecular formula is C15H26N2O2. The van der Waals surface area contributed by atoms with Crippen molar-refractivity contribution in [1.29, 1.82) is 0 Å². The van der Waals surface area contributed by atoms with Crippen LogP contribution in [0.1, 0.15) is 38.5 Å². The maximum absolute atomic E-state index is 12.3. The Morgan fingerprint density at radius 1 is 1.21 bits per heavy atom. The monoisotopic (exact) mass is 266 g/mol. The molecule has 3 aliphatic rings. The molecule has 0 aromatic heterocycles. The van der Waals surface area contributed by atoms with Crippen molar-refractivity contribution in [2.24, 2.45) is 23.5 Å². The average Bonchev–Trinajstić information content (AvgIpc) is 3.29. The Bertz CT molecular complexity index is 322. The van der Waals surface area contributed by atoms with Gasteiger partial charge in [0.25, 0.3) is 0 Å². The van der Waals surface area contributed by atoms with Gasteiger partial charge < -0.3 is 15.4 Å². The van der Waals surface area contributed by atoms with Crippen LogP contribution >= 0.6 is 0 Å². The molecule has 1 aliphatic heterocycles. The third kappa shape index (κ3) is 3.29. The largest absolute Gasteiger partial charge is 0.378 e. The Balaban J connectivity index is 1.36. The fraction of sp³-hybridized carbons (Fsp3) is 0.933. The van der Waals surface area contributed by atoms with Crippen molar-refractivity contribution in [2.75, 3.05) is 26.2 Å². The highest BCUT2D eigenvalue weighted by Gasteiger charge is 2.52. The zero-order valence-corrected chi connectivity index (χ0v) is 11.7. The smallest absolute Gasteiger partial charge is 0.225 e. The van der Waals surface area contributed by atoms with Gasteiger partial charge in [0.1, 0.15) is 0 Å². The number of carbonyl (C=O) groups excluding carboxylic acids is 1. The number of nitrogens with two attached hydrogens (primary N) is 1. The third-order valence-corrected chi connectivity index (χ3v) is 4.84. The normalized spacial score (nSPS) is 31.5. The van der Waals surface area contributed by atoms with Gasteiger partial charge in [-0.05, 0) is 56.9 Å². The summed E-state index contributed by atoms with van der Waals surface area (Å²) < 4.78 is 5.78. The fourth-order valence-corrected chi connectivity index (χ4v) is 3.35. The molecule has 2 N–H and O–H groups in total. The zero-order valence-electron chi connectivity index (χ0n) is 11.7. The number of carbonyl (C=O) groups is 1. The Morgan fingerprint density at radius 3 is 2.58 bits per heavy atom. The molecule has 2 saturated carbocycles. The van der Waals surface area contributed by atoms with Gasteiger partial charge in [0.05, 0.1) is 6.10 Å². The number of amides is 1. The molecular weight excluding hydrogens is 240 g/mol. The molecule has 1 heterocycles. The first-order valence-corrected chi connectivity index (χ1v) is 7.90. The van der Waals surface area contributed by atoms with Gasteiger partial charge in [-0.1, -0.05) is 0 Å². The molecule has 0 radical (unpaired) electrons. The third-order valence-electron chi connectivity index (χ3n) is 4.84. The molecule has 19 heavy (non-hydrogen) atoms. The first-order chi connectivity index (χ1) is 9.29. The summed E-state index contributed by atoms with van der Waals surface area (Å²) in [6.07, 6.45) is 7.17. The molecule has 1 saturated heterocycles. The summed E-state index contributed by atoms with van der Waals surface area (Å²) >= 11 is 0. The van der Waals surface area contributed by atoms with E-state index in [0.717, 1.165) is 57.2 Å². The van der Waals surface area contributed by atoms with Crippen LogP contribution in [-0.4, -0.2) is 43.2 Å². The van der Waals surface area contributed by atoms with Gasteiger partial charge in [-0.2, -0.15) is 0 Å². The lowest BCUT2D eigenvalue weighted by molar-refractivity contribution is -0.135. The van der Waals surface area contributed by atoms with Crippen LogP contribution in [0.2, 0.25) is 0 Å². The van der Waals surface area contributed by atoms with E-state index in [1.165, 1.54) is 12.8 Å². The molecule has 3 fully saturated rings. The molecule has 0 spiro atoms. The second kappa shape index (κ2) is 5.80. The standard InChI is InChI=1S/C15H26N2O2/c16-6-1-9-19-12-4-7-17(8-5-12)15(18)14-10-13(14)11-2-3-11/h11-14H,1-10,16H2. The Morgan fingerprint density at radius 2 is 1.95 bits per heavy atom. The number of likely N-dealkylation sites (tertiary alicyclic amines) is 1. The Hall–Kier alpha value is -0.610. The van der Waals surface area contributed by atoms with Crippen molar-refractivity contribution in [1.82, 2.24) is 4.90 Å². The summed E-state index contributed by atoms with van der Waals surface area (Å²) in [4.78, 5) is 14.4. The molecule has 0 bridgehead atoms. The van der Waals surface area contributed by atoms with Gasteiger partial charge in [-0.3, -0.25) is 4.79 Å². The van der Waals surface area contributed by atoms with Crippen molar-refractivity contribution >= 4 is 5.91 Å². The van der Waals surface area contributed by atoms with Crippen molar-refractivity contribution in [3.05, 3.63) is 0 Å². The predicted molar refractivity (Wildman–Crippen MR) is 73.5 cm³/mol. The van der Waals surface area contributed by atoms with Crippen molar-refractivity contribution in [2.45, 2.75) is 44.6 Å². The number of ether oxygens (including phenoxy) is 1. The molecule has 2 atom stereocenters. The molecule has 1 amide bonds. The summed E-state index contributed by atoms with van der Waals surface area (Å²) in [5, 5.41) is 0. The summed E-state index contributed by atoms with van der Waals surface area (Å²) in [6.45, 7) is 3.24. The Kier molecular flexibility index (Phi) is 4.08. The second-order valence-electron chi connectivity index (χ2n) is 6.38. The fourth-order valence-electron chi connectivity index (χ4n) is 3.35. The topological polar surface area (TPSA) is 55.6 Å². The summed E-state index contributed by atoms with van der Waals surface area (Å²) in [7, 11) is 0. The summed E-state index contributed by atoms with van der Waals surface area (Å²) in [5.41, 5.74) is 5.46. The van der Waals surface area contributed by atoms with Crippen LogP contribution < -0.4 is 5.73 Å². The van der Waals surface area contributed by atoms with E-state index in [2.05, 4.69) is 4.90 Å². The lowest BCUT2D eigenvalue weighted by atomic mass is 10.1. The SMILES string of the molecule is NCCCOC1CCN(C(=O)C2CC2C2CC2)CC1. The highest BCUT2D eigenvalue weighted by molar-refractivity contribution is 5.81. The first kappa shape index (κ1) is 13.4. The maximum Gasteiger partial charge on any atom is 0.225 e. The lowest BCUT2D eigenvalue weighted by Gasteiger charge is -2.32. The van der Waals surface area contributed by atoms with Gasteiger partial charge in [0.15, 0.2) is 0 Å². The number of hydrogen-bond acceptors (Lipinski definition) is 3. The van der Waals surface area contributed by atoms with Crippen LogP contribution in [0, 0.1) is 17.8 Å². The van der Waals surface area contributed by atoms with Gasteiger partial charge >= 0.3 is 0 Å². The van der Waals surface area contributed by atoms with E-state index in [0.29, 0.717) is 24.5 Å². The summed E-state index contributed by atoms with van der Waals surface area (Å²) in [5.74, 6) is 2.44. The Labute approximate surface area is 115 Å². The van der Waals surface area contributed by atoms with E-state index in [4.69, 9.17) is 10.5 Å². The number of rotatable bonds is 6. The van der Waals surface area contributed by atoms with Crippen LogP contribution in [0.3, 0.4) is 0 Å². The van der Waals surface area contributed by atoms with Gasteiger partial charge in [0.2, 0.25) is 5.91 Å². The molecule has 4 heteroatoms. The van der Waals surface area contributed by atoms with Crippen molar-refractivity contribution in [3.8, 4) is 0 Å². The number of nitrogens with zero attached hydrogens (tertiary/aromatic N) is 1. The second-order valence-corrected chi connectivity index (χ2v) is 6.38. The maximum atomic E-state index is 12.3. The van der Waals surface area contributed by atoms with Gasteiger partial charge in [-0.25, -0.2) is 0 Å². The average molecular weight is 266 g/mol. The summed E-state index contributed by atoms with van der Waals surface area (Å²) in [6, 6.07) is 0. The highest BCUT2D eigenvalue weighted by atomic mass is 16.5. The molecule has 0 aromatic rings. The molecule has 0 aromatic carbocycles.